The number of hydrogen-bond donors (Lipinski definition) is 1. The topological polar surface area (TPSA) is 29.5 Å². The molecule has 90 valence electrons. The molecule has 0 saturated carbocycles. The first-order valence-electron chi connectivity index (χ1n) is 5.18. The third kappa shape index (κ3) is 3.25. The molecule has 2 nitrogen and oxygen atoms in total. The third-order valence-corrected chi connectivity index (χ3v) is 2.46. The van der Waals surface area contributed by atoms with Crippen LogP contribution in [0.15, 0.2) is 12.1 Å². The Balaban J connectivity index is 2.75. The van der Waals surface area contributed by atoms with Crippen molar-refractivity contribution in [1.29, 1.82) is 0 Å². The second-order valence-electron chi connectivity index (χ2n) is 3.77. The molecule has 0 saturated heterocycles. The molecule has 16 heavy (non-hydrogen) atoms. The minimum Gasteiger partial charge on any atom is -0.388 e. The van der Waals surface area contributed by atoms with E-state index in [2.05, 4.69) is 0 Å². The van der Waals surface area contributed by atoms with E-state index in [1.54, 1.807) is 14.0 Å². The van der Waals surface area contributed by atoms with E-state index < -0.39 is 17.7 Å². The lowest BCUT2D eigenvalue weighted by molar-refractivity contribution is 0.133. The number of aliphatic hydroxyl groups is 1. The van der Waals surface area contributed by atoms with Crippen LogP contribution in [0.25, 0.3) is 0 Å². The summed E-state index contributed by atoms with van der Waals surface area (Å²) in [6.07, 6.45) is 0.123. The van der Waals surface area contributed by atoms with Gasteiger partial charge < -0.3 is 9.84 Å². The molecular formula is C12H16F2O2. The Hall–Kier alpha value is -1.00. The lowest BCUT2D eigenvalue weighted by Gasteiger charge is -2.12. The van der Waals surface area contributed by atoms with Crippen molar-refractivity contribution in [3.05, 3.63) is 34.9 Å². The van der Waals surface area contributed by atoms with Gasteiger partial charge in [-0.15, -0.1) is 0 Å². The third-order valence-electron chi connectivity index (χ3n) is 2.46. The summed E-state index contributed by atoms with van der Waals surface area (Å²) < 4.78 is 31.2. The standard InChI is InChI=1S/C12H16F2O2/c1-8-6-9(11(14)7-10(8)13)12(15)4-3-5-16-2/h6-7,12,15H,3-5H2,1-2H3. The van der Waals surface area contributed by atoms with Crippen LogP contribution in [-0.2, 0) is 4.74 Å². The van der Waals surface area contributed by atoms with E-state index >= 15 is 0 Å². The van der Waals surface area contributed by atoms with Crippen LogP contribution in [0.1, 0.15) is 30.1 Å². The fourth-order valence-electron chi connectivity index (χ4n) is 1.51. The predicted molar refractivity (Wildman–Crippen MR) is 57.2 cm³/mol. The Morgan fingerprint density at radius 3 is 2.62 bits per heavy atom. The number of aryl methyl sites for hydroxylation is 1. The summed E-state index contributed by atoms with van der Waals surface area (Å²) >= 11 is 0. The molecule has 0 radical (unpaired) electrons. The average Bonchev–Trinajstić information content (AvgIpc) is 2.23. The van der Waals surface area contributed by atoms with Gasteiger partial charge in [-0.3, -0.25) is 0 Å². The number of methoxy groups -OCH3 is 1. The van der Waals surface area contributed by atoms with Gasteiger partial charge in [0.1, 0.15) is 11.6 Å². The SMILES string of the molecule is COCCCC(O)c1cc(C)c(F)cc1F. The van der Waals surface area contributed by atoms with Crippen molar-refractivity contribution in [2.45, 2.75) is 25.9 Å². The molecule has 1 atom stereocenters. The van der Waals surface area contributed by atoms with Gasteiger partial charge in [-0.05, 0) is 31.4 Å². The van der Waals surface area contributed by atoms with Gasteiger partial charge in [0.25, 0.3) is 0 Å². The van der Waals surface area contributed by atoms with Gasteiger partial charge in [-0.25, -0.2) is 8.78 Å². The molecule has 0 spiro atoms. The summed E-state index contributed by atoms with van der Waals surface area (Å²) in [6.45, 7) is 2.05. The molecule has 0 heterocycles. The van der Waals surface area contributed by atoms with Crippen molar-refractivity contribution < 1.29 is 18.6 Å². The molecule has 1 unspecified atom stereocenters. The van der Waals surface area contributed by atoms with E-state index in [9.17, 15) is 13.9 Å². The normalized spacial score (nSPS) is 12.8. The smallest absolute Gasteiger partial charge is 0.131 e. The van der Waals surface area contributed by atoms with Gasteiger partial charge in [0.05, 0.1) is 6.10 Å². The molecule has 1 rings (SSSR count). The second-order valence-corrected chi connectivity index (χ2v) is 3.77. The molecule has 0 bridgehead atoms. The highest BCUT2D eigenvalue weighted by Gasteiger charge is 2.14. The maximum Gasteiger partial charge on any atom is 0.131 e. The van der Waals surface area contributed by atoms with Crippen LogP contribution in [0.3, 0.4) is 0 Å². The Bertz CT molecular complexity index is 353. The first-order valence-corrected chi connectivity index (χ1v) is 5.18. The number of halogens is 2. The van der Waals surface area contributed by atoms with Crippen LogP contribution in [-0.4, -0.2) is 18.8 Å². The van der Waals surface area contributed by atoms with E-state index in [4.69, 9.17) is 4.74 Å². The van der Waals surface area contributed by atoms with E-state index in [-0.39, 0.29) is 5.56 Å². The molecule has 0 amide bonds. The Morgan fingerprint density at radius 1 is 1.31 bits per heavy atom. The van der Waals surface area contributed by atoms with Crippen molar-refractivity contribution >= 4 is 0 Å². The minimum atomic E-state index is -0.908. The van der Waals surface area contributed by atoms with Crippen LogP contribution >= 0.6 is 0 Å². The Morgan fingerprint density at radius 2 is 2.00 bits per heavy atom. The summed E-state index contributed by atoms with van der Waals surface area (Å²) in [5.74, 6) is -1.29. The molecular weight excluding hydrogens is 214 g/mol. The quantitative estimate of drug-likeness (QED) is 0.788. The van der Waals surface area contributed by atoms with E-state index in [0.29, 0.717) is 25.0 Å². The highest BCUT2D eigenvalue weighted by atomic mass is 19.1. The highest BCUT2D eigenvalue weighted by molar-refractivity contribution is 5.27. The Labute approximate surface area is 93.9 Å². The van der Waals surface area contributed by atoms with E-state index in [0.717, 1.165) is 6.07 Å². The summed E-state index contributed by atoms with van der Waals surface area (Å²) in [5.41, 5.74) is 0.484. The molecule has 0 aliphatic rings. The average molecular weight is 230 g/mol. The zero-order valence-electron chi connectivity index (χ0n) is 9.46. The summed E-state index contributed by atoms with van der Waals surface area (Å²) in [4.78, 5) is 0. The van der Waals surface area contributed by atoms with Gasteiger partial charge in [0.2, 0.25) is 0 Å². The van der Waals surface area contributed by atoms with Crippen LogP contribution < -0.4 is 0 Å². The summed E-state index contributed by atoms with van der Waals surface area (Å²) in [7, 11) is 1.56. The van der Waals surface area contributed by atoms with E-state index in [1.165, 1.54) is 6.07 Å². The molecule has 0 aliphatic heterocycles. The number of aliphatic hydroxyl groups excluding tert-OH is 1. The molecule has 4 heteroatoms. The van der Waals surface area contributed by atoms with Crippen molar-refractivity contribution in [3.63, 3.8) is 0 Å². The van der Waals surface area contributed by atoms with Gasteiger partial charge in [-0.2, -0.15) is 0 Å². The van der Waals surface area contributed by atoms with Crippen LogP contribution in [0.4, 0.5) is 8.78 Å². The summed E-state index contributed by atoms with van der Waals surface area (Å²) in [6, 6.07) is 2.16. The van der Waals surface area contributed by atoms with Crippen LogP contribution in [0, 0.1) is 18.6 Å². The first-order chi connectivity index (χ1) is 7.56. The molecule has 1 aromatic rings. The van der Waals surface area contributed by atoms with E-state index in [1.807, 2.05) is 0 Å². The maximum absolute atomic E-state index is 13.4. The molecule has 1 aromatic carbocycles. The van der Waals surface area contributed by atoms with Gasteiger partial charge in [-0.1, -0.05) is 0 Å². The lowest BCUT2D eigenvalue weighted by atomic mass is 10.0. The fraction of sp³-hybridized carbons (Fsp3) is 0.500. The largest absolute Gasteiger partial charge is 0.388 e. The predicted octanol–water partition coefficient (Wildman–Crippen LogP) is 2.73. The molecule has 0 aliphatic carbocycles. The Kier molecular flexibility index (Phi) is 4.83. The van der Waals surface area contributed by atoms with Crippen molar-refractivity contribution in [2.75, 3.05) is 13.7 Å². The number of rotatable bonds is 5. The van der Waals surface area contributed by atoms with Crippen molar-refractivity contribution in [3.8, 4) is 0 Å². The molecule has 0 aromatic heterocycles. The highest BCUT2D eigenvalue weighted by Crippen LogP contribution is 2.24. The number of benzene rings is 1. The van der Waals surface area contributed by atoms with Crippen LogP contribution in [0.5, 0.6) is 0 Å². The fourth-order valence-corrected chi connectivity index (χ4v) is 1.51. The summed E-state index contributed by atoms with van der Waals surface area (Å²) in [5, 5.41) is 9.73. The maximum atomic E-state index is 13.4. The van der Waals surface area contributed by atoms with Gasteiger partial charge >= 0.3 is 0 Å². The second kappa shape index (κ2) is 5.92. The van der Waals surface area contributed by atoms with Crippen molar-refractivity contribution in [2.24, 2.45) is 0 Å². The number of hydrogen-bond acceptors (Lipinski definition) is 2. The van der Waals surface area contributed by atoms with Gasteiger partial charge in [0, 0.05) is 25.3 Å². The van der Waals surface area contributed by atoms with Crippen molar-refractivity contribution in [1.82, 2.24) is 0 Å². The first kappa shape index (κ1) is 13.1. The molecule has 0 fully saturated rings. The molecule has 1 N–H and O–H groups in total. The van der Waals surface area contributed by atoms with Gasteiger partial charge in [0.15, 0.2) is 0 Å². The zero-order valence-corrected chi connectivity index (χ0v) is 9.46. The van der Waals surface area contributed by atoms with Crippen LogP contribution in [0.2, 0.25) is 0 Å². The minimum absolute atomic E-state index is 0.148. The monoisotopic (exact) mass is 230 g/mol. The zero-order chi connectivity index (χ0) is 12.1. The lowest BCUT2D eigenvalue weighted by Crippen LogP contribution is -2.04. The number of ether oxygens (including phenoxy) is 1.